The average Bonchev–Trinajstić information content (AvgIpc) is 3.72. The lowest BCUT2D eigenvalue weighted by molar-refractivity contribution is -0.136. The number of H-pyrrole nitrogens is 1. The highest BCUT2D eigenvalue weighted by Gasteiger charge is 2.49. The number of hydrogen-bond donors (Lipinski definition) is 1. The molecule has 1 N–H and O–H groups in total. The molecule has 1 spiro atoms. The summed E-state index contributed by atoms with van der Waals surface area (Å²) in [6, 6.07) is 7.34. The van der Waals surface area contributed by atoms with E-state index in [9.17, 15) is 10.1 Å². The van der Waals surface area contributed by atoms with Crippen molar-refractivity contribution < 1.29 is 13.9 Å². The minimum absolute atomic E-state index is 0.0729. The molecule has 0 saturated carbocycles. The maximum atomic E-state index is 15.4. The van der Waals surface area contributed by atoms with Crippen molar-refractivity contribution in [3.8, 4) is 34.5 Å². The molecule has 3 fully saturated rings. The number of carbonyl (C=O) groups excluding carboxylic acids is 1. The molecule has 0 unspecified atom stereocenters. The highest BCUT2D eigenvalue weighted by molar-refractivity contribution is 5.88. The van der Waals surface area contributed by atoms with Gasteiger partial charge in [0.2, 0.25) is 5.91 Å². The number of halogens is 1. The molecular formula is C29H31FN8O2. The minimum atomic E-state index is -0.495. The molecule has 0 radical (unpaired) electrons. The monoisotopic (exact) mass is 542 g/mol. The summed E-state index contributed by atoms with van der Waals surface area (Å²) in [4.78, 5) is 27.4. The molecule has 3 aromatic rings. The fraction of sp³-hybridized carbons (Fsp3) is 0.414. The molecule has 3 aliphatic heterocycles. The molecule has 5 heterocycles. The second-order valence-corrected chi connectivity index (χ2v) is 11.0. The summed E-state index contributed by atoms with van der Waals surface area (Å²) in [6.07, 6.45) is 7.68. The summed E-state index contributed by atoms with van der Waals surface area (Å²) in [6.45, 7) is 7.54. The summed E-state index contributed by atoms with van der Waals surface area (Å²) in [5, 5.41) is 17.1. The average molecular weight is 543 g/mol. The van der Waals surface area contributed by atoms with E-state index in [-0.39, 0.29) is 40.2 Å². The van der Waals surface area contributed by atoms with E-state index in [0.717, 1.165) is 36.9 Å². The molecule has 1 atom stereocenters. The van der Waals surface area contributed by atoms with E-state index in [1.165, 1.54) is 12.1 Å². The summed E-state index contributed by atoms with van der Waals surface area (Å²) in [5.41, 5.74) is 2.05. The van der Waals surface area contributed by atoms with Crippen LogP contribution in [0.25, 0.3) is 22.4 Å². The van der Waals surface area contributed by atoms with Gasteiger partial charge < -0.3 is 19.4 Å². The number of nitrogens with one attached hydrogen (secondary N) is 1. The van der Waals surface area contributed by atoms with Crippen molar-refractivity contribution in [3.63, 3.8) is 0 Å². The van der Waals surface area contributed by atoms with E-state index >= 15 is 4.39 Å². The Labute approximate surface area is 232 Å². The van der Waals surface area contributed by atoms with Crippen LogP contribution in [-0.2, 0) is 4.79 Å². The van der Waals surface area contributed by atoms with Gasteiger partial charge in [-0.05, 0) is 56.6 Å². The smallest absolute Gasteiger partial charge is 0.319 e. The standard InChI is InChI=1S/C29H31FN8O2/c1-3-25(39)38-17-29(18-38)8-10-37(16-29)27-23(12-31)26(34-28(35-27)40-15-21-5-4-9-36(21)2)22-11-19(6-7-24(22)30)20-13-32-33-14-20/h3,6-7,11,13-14,21H,1,4-5,8-10,15-18H2,2H3,(H,32,33)/t21-/m0/s1. The predicted octanol–water partition coefficient (Wildman–Crippen LogP) is 3.24. The van der Waals surface area contributed by atoms with Gasteiger partial charge in [0.15, 0.2) is 5.82 Å². The van der Waals surface area contributed by atoms with Crippen LogP contribution in [0.1, 0.15) is 24.8 Å². The molecule has 0 aliphatic carbocycles. The first-order chi connectivity index (χ1) is 19.4. The van der Waals surface area contributed by atoms with Crippen LogP contribution in [0.3, 0.4) is 0 Å². The van der Waals surface area contributed by atoms with Crippen LogP contribution in [0, 0.1) is 22.6 Å². The third-order valence-electron chi connectivity index (χ3n) is 8.39. The summed E-state index contributed by atoms with van der Waals surface area (Å²) in [7, 11) is 2.07. The number of ether oxygens (including phenoxy) is 1. The number of carbonyl (C=O) groups is 1. The van der Waals surface area contributed by atoms with Crippen LogP contribution in [-0.4, -0.2) is 88.3 Å². The molecule has 10 nitrogen and oxygen atoms in total. The zero-order valence-corrected chi connectivity index (χ0v) is 22.4. The molecular weight excluding hydrogens is 511 g/mol. The third kappa shape index (κ3) is 4.69. The Balaban J connectivity index is 1.38. The van der Waals surface area contributed by atoms with Gasteiger partial charge in [-0.2, -0.15) is 20.3 Å². The lowest BCUT2D eigenvalue weighted by Crippen LogP contribution is -2.59. The number of nitriles is 1. The number of nitrogens with zero attached hydrogens (tertiary/aromatic N) is 7. The second kappa shape index (κ2) is 10.4. The Hall–Kier alpha value is -4.30. The van der Waals surface area contributed by atoms with Gasteiger partial charge in [0.05, 0.1) is 6.20 Å². The Bertz CT molecular complexity index is 1480. The van der Waals surface area contributed by atoms with Crippen LogP contribution in [0.5, 0.6) is 6.01 Å². The highest BCUT2D eigenvalue weighted by atomic mass is 19.1. The van der Waals surface area contributed by atoms with Crippen molar-refractivity contribution in [1.82, 2.24) is 30.0 Å². The summed E-state index contributed by atoms with van der Waals surface area (Å²) < 4.78 is 21.5. The van der Waals surface area contributed by atoms with Crippen LogP contribution >= 0.6 is 0 Å². The maximum Gasteiger partial charge on any atom is 0.319 e. The normalized spacial score (nSPS) is 20.0. The first-order valence-electron chi connectivity index (χ1n) is 13.5. The van der Waals surface area contributed by atoms with E-state index in [0.29, 0.717) is 38.6 Å². The largest absolute Gasteiger partial charge is 0.462 e. The van der Waals surface area contributed by atoms with Crippen molar-refractivity contribution in [1.29, 1.82) is 5.26 Å². The zero-order chi connectivity index (χ0) is 27.9. The molecule has 206 valence electrons. The third-order valence-corrected chi connectivity index (χ3v) is 8.39. The van der Waals surface area contributed by atoms with Crippen LogP contribution in [0.15, 0.2) is 43.2 Å². The number of likely N-dealkylation sites (N-methyl/N-ethyl adjacent to an activating group) is 1. The number of rotatable bonds is 7. The number of aromatic nitrogens is 4. The van der Waals surface area contributed by atoms with E-state index in [4.69, 9.17) is 9.72 Å². The van der Waals surface area contributed by atoms with Gasteiger partial charge in [0.1, 0.15) is 29.8 Å². The molecule has 3 saturated heterocycles. The SMILES string of the molecule is C=CC(=O)N1CC2(CCN(c3nc(OC[C@@H]4CCCN4C)nc(-c4cc(-c5cn[nH]c5)ccc4F)c3C#N)C2)C1. The Morgan fingerprint density at radius 3 is 2.85 bits per heavy atom. The van der Waals surface area contributed by atoms with Gasteiger partial charge in [-0.15, -0.1) is 0 Å². The van der Waals surface area contributed by atoms with Crippen molar-refractivity contribution in [3.05, 3.63) is 54.6 Å². The summed E-state index contributed by atoms with van der Waals surface area (Å²) in [5.74, 6) is -0.141. The number of anilines is 1. The van der Waals surface area contributed by atoms with Crippen molar-refractivity contribution in [2.45, 2.75) is 25.3 Å². The molecule has 1 amide bonds. The number of amides is 1. The van der Waals surface area contributed by atoms with Gasteiger partial charge in [0.25, 0.3) is 0 Å². The fourth-order valence-electron chi connectivity index (χ4n) is 6.10. The lowest BCUT2D eigenvalue weighted by Gasteiger charge is -2.47. The van der Waals surface area contributed by atoms with Crippen molar-refractivity contribution in [2.24, 2.45) is 5.41 Å². The first kappa shape index (κ1) is 26.0. The Morgan fingerprint density at radius 1 is 1.30 bits per heavy atom. The first-order valence-corrected chi connectivity index (χ1v) is 13.5. The zero-order valence-electron chi connectivity index (χ0n) is 22.4. The van der Waals surface area contributed by atoms with Crippen LogP contribution in [0.2, 0.25) is 0 Å². The maximum absolute atomic E-state index is 15.4. The molecule has 6 rings (SSSR count). The van der Waals surface area contributed by atoms with Crippen LogP contribution < -0.4 is 9.64 Å². The molecule has 0 bridgehead atoms. The van der Waals surface area contributed by atoms with Gasteiger partial charge in [-0.1, -0.05) is 12.6 Å². The molecule has 11 heteroatoms. The van der Waals surface area contributed by atoms with Crippen molar-refractivity contribution in [2.75, 3.05) is 51.3 Å². The quantitative estimate of drug-likeness (QED) is 0.453. The summed E-state index contributed by atoms with van der Waals surface area (Å²) >= 11 is 0. The number of aromatic amines is 1. The minimum Gasteiger partial charge on any atom is -0.462 e. The van der Waals surface area contributed by atoms with Gasteiger partial charge >= 0.3 is 6.01 Å². The molecule has 2 aromatic heterocycles. The molecule has 3 aliphatic rings. The molecule has 1 aromatic carbocycles. The number of benzene rings is 1. The lowest BCUT2D eigenvalue weighted by atomic mass is 9.79. The predicted molar refractivity (Wildman–Crippen MR) is 147 cm³/mol. The van der Waals surface area contributed by atoms with Gasteiger partial charge in [0, 0.05) is 55.0 Å². The fourth-order valence-corrected chi connectivity index (χ4v) is 6.10. The number of likely N-dealkylation sites (tertiary alicyclic amines) is 2. The van der Waals surface area contributed by atoms with E-state index in [2.05, 4.69) is 39.8 Å². The van der Waals surface area contributed by atoms with E-state index in [1.807, 2.05) is 4.90 Å². The van der Waals surface area contributed by atoms with Crippen molar-refractivity contribution >= 4 is 11.7 Å². The second-order valence-electron chi connectivity index (χ2n) is 11.0. The van der Waals surface area contributed by atoms with Gasteiger partial charge in [-0.25, -0.2) is 4.39 Å². The van der Waals surface area contributed by atoms with E-state index in [1.54, 1.807) is 29.4 Å². The van der Waals surface area contributed by atoms with E-state index < -0.39 is 5.82 Å². The molecule has 40 heavy (non-hydrogen) atoms. The Morgan fingerprint density at radius 2 is 2.15 bits per heavy atom. The van der Waals surface area contributed by atoms with Gasteiger partial charge in [-0.3, -0.25) is 9.89 Å². The number of hydrogen-bond acceptors (Lipinski definition) is 8. The Kier molecular flexibility index (Phi) is 6.72. The van der Waals surface area contributed by atoms with Crippen LogP contribution in [0.4, 0.5) is 10.2 Å². The topological polar surface area (TPSA) is 114 Å². The highest BCUT2D eigenvalue weighted by Crippen LogP contribution is 2.43.